The number of urea groups is 1. The summed E-state index contributed by atoms with van der Waals surface area (Å²) in [5.74, 6) is 0.433. The Labute approximate surface area is 311 Å². The van der Waals surface area contributed by atoms with Crippen molar-refractivity contribution in [2.24, 2.45) is 11.7 Å². The molecule has 0 radical (unpaired) electrons. The lowest BCUT2D eigenvalue weighted by Crippen LogP contribution is -2.55. The van der Waals surface area contributed by atoms with Crippen LogP contribution in [0.15, 0.2) is 42.5 Å². The van der Waals surface area contributed by atoms with Crippen LogP contribution >= 0.6 is 0 Å². The Morgan fingerprint density at radius 3 is 2.24 bits per heavy atom. The average Bonchev–Trinajstić information content (AvgIpc) is 3.07. The standard InChI is InChI=1S/C35H45N7O12/c1-7-17-41(33(47)48)19-23-18-24(11-10-22(23)20-52-34(49)53-26-14-12-25(13-15-26)42(50)51)38-29(43)27(9-8-16-37-31(36)45)39-30(44)28(21(2)3)40-32(46)54-35(4,5)6/h1,10-15,18,21,27-28H,8-9,16-17,19-20H2,2-6H3,(H,38,43)(H,39,44)(H,40,46)(H,47,48)(H3,36,37,45)/t27-,28-/m0/s1. The van der Waals surface area contributed by atoms with Crippen LogP contribution in [0.4, 0.5) is 30.6 Å². The Hall–Kier alpha value is -6.58. The zero-order valence-corrected chi connectivity index (χ0v) is 30.5. The van der Waals surface area contributed by atoms with Gasteiger partial charge in [-0.15, -0.1) is 6.42 Å². The second kappa shape index (κ2) is 20.5. The van der Waals surface area contributed by atoms with Gasteiger partial charge in [0.25, 0.3) is 5.69 Å². The largest absolute Gasteiger partial charge is 0.514 e. The normalized spacial score (nSPS) is 11.9. The van der Waals surface area contributed by atoms with Gasteiger partial charge < -0.3 is 46.3 Å². The number of carbonyl (C=O) groups is 6. The summed E-state index contributed by atoms with van der Waals surface area (Å²) in [5, 5.41) is 30.8. The van der Waals surface area contributed by atoms with E-state index in [1.165, 1.54) is 30.3 Å². The molecule has 0 spiro atoms. The molecule has 19 nitrogen and oxygen atoms in total. The van der Waals surface area contributed by atoms with Crippen LogP contribution in [0.1, 0.15) is 58.6 Å². The summed E-state index contributed by atoms with van der Waals surface area (Å²) in [4.78, 5) is 86.2. The lowest BCUT2D eigenvalue weighted by atomic mass is 10.0. The van der Waals surface area contributed by atoms with E-state index in [1.807, 2.05) is 0 Å². The Morgan fingerprint density at radius 2 is 1.69 bits per heavy atom. The number of carboxylic acid groups (broad SMARTS) is 1. The lowest BCUT2D eigenvalue weighted by Gasteiger charge is -2.27. The van der Waals surface area contributed by atoms with Gasteiger partial charge in [-0.3, -0.25) is 24.6 Å². The van der Waals surface area contributed by atoms with Crippen LogP contribution in [0.5, 0.6) is 5.75 Å². The Morgan fingerprint density at radius 1 is 1.02 bits per heavy atom. The van der Waals surface area contributed by atoms with Gasteiger partial charge in [0.05, 0.1) is 18.0 Å². The quantitative estimate of drug-likeness (QED) is 0.0336. The van der Waals surface area contributed by atoms with Crippen LogP contribution in [-0.4, -0.2) is 81.9 Å². The van der Waals surface area contributed by atoms with Crippen molar-refractivity contribution in [1.82, 2.24) is 20.9 Å². The highest BCUT2D eigenvalue weighted by atomic mass is 16.7. The molecule has 19 heteroatoms. The molecule has 0 bridgehead atoms. The molecule has 0 aliphatic heterocycles. The maximum atomic E-state index is 13.7. The third kappa shape index (κ3) is 15.3. The van der Waals surface area contributed by atoms with Crippen molar-refractivity contribution < 1.29 is 53.0 Å². The van der Waals surface area contributed by atoms with E-state index in [2.05, 4.69) is 27.2 Å². The minimum Gasteiger partial charge on any atom is -0.465 e. The van der Waals surface area contributed by atoms with Crippen molar-refractivity contribution in [2.75, 3.05) is 18.4 Å². The fraction of sp³-hybridized carbons (Fsp3) is 0.429. The SMILES string of the molecule is C#CCN(Cc1cc(NC(=O)[C@H](CCCNC(N)=O)NC(=O)[C@@H](NC(=O)OC(C)(C)C)C(C)C)ccc1COC(=O)Oc1ccc([N+](=O)[O-])cc1)C(=O)O. The summed E-state index contributed by atoms with van der Waals surface area (Å²) in [6.45, 7) is 7.46. The van der Waals surface area contributed by atoms with E-state index in [4.69, 9.17) is 26.4 Å². The predicted octanol–water partition coefficient (Wildman–Crippen LogP) is 3.84. The fourth-order valence-electron chi connectivity index (χ4n) is 4.64. The number of nitrogens with zero attached hydrogens (tertiary/aromatic N) is 2. The highest BCUT2D eigenvalue weighted by Gasteiger charge is 2.30. The molecule has 2 aromatic carbocycles. The van der Waals surface area contributed by atoms with Gasteiger partial charge in [-0.2, -0.15) is 0 Å². The van der Waals surface area contributed by atoms with Crippen LogP contribution < -0.4 is 31.7 Å². The Bertz CT molecular complexity index is 1720. The van der Waals surface area contributed by atoms with Gasteiger partial charge in [-0.1, -0.05) is 25.8 Å². The van der Waals surface area contributed by atoms with Crippen molar-refractivity contribution in [1.29, 1.82) is 0 Å². The number of hydrogen-bond acceptors (Lipinski definition) is 11. The highest BCUT2D eigenvalue weighted by molar-refractivity contribution is 5.98. The number of nitrogens with two attached hydrogens (primary N) is 1. The molecule has 0 heterocycles. The van der Waals surface area contributed by atoms with Gasteiger partial charge in [0, 0.05) is 24.4 Å². The maximum absolute atomic E-state index is 13.7. The summed E-state index contributed by atoms with van der Waals surface area (Å²) < 4.78 is 15.6. The number of anilines is 1. The maximum Gasteiger partial charge on any atom is 0.514 e. The number of ether oxygens (including phenoxy) is 3. The lowest BCUT2D eigenvalue weighted by molar-refractivity contribution is -0.384. The predicted molar refractivity (Wildman–Crippen MR) is 193 cm³/mol. The van der Waals surface area contributed by atoms with Crippen LogP contribution in [0.25, 0.3) is 0 Å². The number of alkyl carbamates (subject to hydrolysis) is 1. The molecular weight excluding hydrogens is 710 g/mol. The van der Waals surface area contributed by atoms with E-state index in [-0.39, 0.29) is 55.2 Å². The van der Waals surface area contributed by atoms with Gasteiger partial charge in [-0.05, 0) is 74.9 Å². The number of amides is 6. The zero-order valence-electron chi connectivity index (χ0n) is 30.5. The van der Waals surface area contributed by atoms with E-state index in [9.17, 15) is 44.0 Å². The second-order valence-electron chi connectivity index (χ2n) is 13.1. The molecule has 0 saturated heterocycles. The monoisotopic (exact) mass is 755 g/mol. The van der Waals surface area contributed by atoms with Gasteiger partial charge in [0.1, 0.15) is 30.0 Å². The molecular formula is C35H45N7O12. The molecule has 2 aromatic rings. The summed E-state index contributed by atoms with van der Waals surface area (Å²) >= 11 is 0. The molecule has 0 fully saturated rings. The number of benzene rings is 2. The van der Waals surface area contributed by atoms with E-state index >= 15 is 0 Å². The number of non-ortho nitro benzene ring substituents is 1. The number of nitro groups is 1. The molecule has 0 unspecified atom stereocenters. The van der Waals surface area contributed by atoms with E-state index in [0.717, 1.165) is 17.0 Å². The molecule has 0 saturated carbocycles. The number of hydrogen-bond donors (Lipinski definition) is 6. The highest BCUT2D eigenvalue weighted by Crippen LogP contribution is 2.22. The molecule has 6 amide bonds. The molecule has 0 aliphatic rings. The van der Waals surface area contributed by atoms with Crippen molar-refractivity contribution in [3.8, 4) is 18.1 Å². The molecule has 54 heavy (non-hydrogen) atoms. The average molecular weight is 756 g/mol. The number of rotatable bonds is 17. The summed E-state index contributed by atoms with van der Waals surface area (Å²) in [6.07, 6.45) is 2.26. The van der Waals surface area contributed by atoms with Crippen LogP contribution in [0.2, 0.25) is 0 Å². The van der Waals surface area contributed by atoms with Crippen molar-refractivity contribution in [3.63, 3.8) is 0 Å². The van der Waals surface area contributed by atoms with E-state index in [0.29, 0.717) is 5.56 Å². The minimum atomic E-state index is -1.35. The first-order valence-electron chi connectivity index (χ1n) is 16.6. The number of carbonyl (C=O) groups excluding carboxylic acids is 5. The molecule has 2 rings (SSSR count). The summed E-state index contributed by atoms with van der Waals surface area (Å²) in [6, 6.07) is 5.97. The molecule has 0 aliphatic carbocycles. The Balaban J connectivity index is 2.33. The first kappa shape index (κ1) is 43.6. The smallest absolute Gasteiger partial charge is 0.465 e. The second-order valence-corrected chi connectivity index (χ2v) is 13.1. The fourth-order valence-corrected chi connectivity index (χ4v) is 4.64. The van der Waals surface area contributed by atoms with Crippen molar-refractivity contribution in [3.05, 3.63) is 63.7 Å². The molecule has 0 aromatic heterocycles. The topological polar surface area (TPSA) is 271 Å². The number of nitro benzene ring substituents is 1. The van der Waals surface area contributed by atoms with Gasteiger partial charge in [-0.25, -0.2) is 19.2 Å². The number of primary amides is 1. The zero-order chi connectivity index (χ0) is 40.6. The van der Waals surface area contributed by atoms with Gasteiger partial charge in [0.2, 0.25) is 11.8 Å². The minimum absolute atomic E-state index is 0.0256. The molecule has 7 N–H and O–H groups in total. The third-order valence-electron chi connectivity index (χ3n) is 7.21. The van der Waals surface area contributed by atoms with Gasteiger partial charge in [0.15, 0.2) is 0 Å². The molecule has 2 atom stereocenters. The van der Waals surface area contributed by atoms with Crippen LogP contribution in [0.3, 0.4) is 0 Å². The van der Waals surface area contributed by atoms with Crippen LogP contribution in [0, 0.1) is 28.4 Å². The summed E-state index contributed by atoms with van der Waals surface area (Å²) in [7, 11) is 0. The van der Waals surface area contributed by atoms with E-state index in [1.54, 1.807) is 34.6 Å². The Kier molecular flexibility index (Phi) is 16.5. The van der Waals surface area contributed by atoms with Gasteiger partial charge >= 0.3 is 24.4 Å². The molecule has 292 valence electrons. The number of nitrogens with one attached hydrogen (secondary N) is 4. The first-order chi connectivity index (χ1) is 25.3. The van der Waals surface area contributed by atoms with Crippen LogP contribution in [-0.2, 0) is 32.2 Å². The van der Waals surface area contributed by atoms with Crippen molar-refractivity contribution >= 4 is 47.6 Å². The third-order valence-corrected chi connectivity index (χ3v) is 7.21. The number of terminal acetylenes is 1. The first-order valence-corrected chi connectivity index (χ1v) is 16.6. The van der Waals surface area contributed by atoms with E-state index < -0.39 is 71.3 Å². The van der Waals surface area contributed by atoms with Crippen molar-refractivity contribution in [2.45, 2.75) is 78.3 Å². The summed E-state index contributed by atoms with van der Waals surface area (Å²) in [5.41, 5.74) is 4.85.